The quantitative estimate of drug-likeness (QED) is 0.807. The lowest BCUT2D eigenvalue weighted by molar-refractivity contribution is -0.114. The minimum atomic E-state index is -0.724. The molecular weight excluding hydrogens is 395 g/mol. The van der Waals surface area contributed by atoms with Gasteiger partial charge in [-0.05, 0) is 18.1 Å². The number of hydrogen-bond donors (Lipinski definition) is 2. The molecule has 0 atom stereocenters. The highest BCUT2D eigenvalue weighted by atomic mass is 35.5. The van der Waals surface area contributed by atoms with E-state index in [0.717, 1.165) is 0 Å². The maximum Gasteiger partial charge on any atom is 0.342 e. The van der Waals surface area contributed by atoms with Crippen LogP contribution in [0.1, 0.15) is 13.8 Å². The van der Waals surface area contributed by atoms with Crippen molar-refractivity contribution in [2.45, 2.75) is 13.8 Å². The summed E-state index contributed by atoms with van der Waals surface area (Å²) in [6, 6.07) is 2.86. The summed E-state index contributed by atoms with van der Waals surface area (Å²) in [6.07, 6.45) is 1.56. The molecule has 1 aromatic heterocycles. The summed E-state index contributed by atoms with van der Waals surface area (Å²) < 4.78 is 5.68. The largest absolute Gasteiger partial charge is 0.436 e. The van der Waals surface area contributed by atoms with Crippen LogP contribution in [0.2, 0.25) is 10.0 Å². The Morgan fingerprint density at radius 3 is 2.41 bits per heavy atom. The third-order valence-corrected chi connectivity index (χ3v) is 4.35. The molecule has 140 valence electrons. The normalized spacial score (nSPS) is 14.2. The van der Waals surface area contributed by atoms with Crippen LogP contribution in [0.3, 0.4) is 0 Å². The van der Waals surface area contributed by atoms with E-state index in [-0.39, 0.29) is 45.6 Å². The lowest BCUT2D eigenvalue weighted by atomic mass is 9.97. The average Bonchev–Trinajstić information content (AvgIpc) is 2.59. The third kappa shape index (κ3) is 4.01. The van der Waals surface area contributed by atoms with Gasteiger partial charge in [-0.3, -0.25) is 14.6 Å². The SMILES string of the molecule is CC(C)C1=CC(Oc2c(Cl)cc(-c3n[nH]c(=O)[nH]c3=O)cc2Cl)=NCC1=O. The van der Waals surface area contributed by atoms with Gasteiger partial charge in [0.15, 0.2) is 17.2 Å². The number of dihydropyridines is 1. The van der Waals surface area contributed by atoms with Crippen molar-refractivity contribution in [2.24, 2.45) is 10.9 Å². The Balaban J connectivity index is 1.96. The Labute approximate surface area is 162 Å². The maximum absolute atomic E-state index is 11.9. The first-order valence-corrected chi connectivity index (χ1v) is 8.67. The van der Waals surface area contributed by atoms with Crippen molar-refractivity contribution in [1.29, 1.82) is 0 Å². The summed E-state index contributed by atoms with van der Waals surface area (Å²) in [5, 5.41) is 6.07. The highest BCUT2D eigenvalue weighted by Crippen LogP contribution is 2.37. The van der Waals surface area contributed by atoms with Crippen molar-refractivity contribution < 1.29 is 9.53 Å². The van der Waals surface area contributed by atoms with Gasteiger partial charge < -0.3 is 4.74 Å². The number of carbonyl (C=O) groups is 1. The van der Waals surface area contributed by atoms with Crippen LogP contribution in [-0.4, -0.2) is 33.4 Å². The number of Topliss-reactive ketones (excluding diaryl/α,β-unsaturated/α-hetero) is 1. The second-order valence-electron chi connectivity index (χ2n) is 6.06. The Morgan fingerprint density at radius 1 is 1.15 bits per heavy atom. The van der Waals surface area contributed by atoms with E-state index in [9.17, 15) is 14.4 Å². The molecule has 8 nitrogen and oxygen atoms in total. The molecule has 1 aliphatic heterocycles. The highest BCUT2D eigenvalue weighted by Gasteiger charge is 2.21. The number of carbonyl (C=O) groups excluding carboxylic acids is 1. The molecule has 3 rings (SSSR count). The van der Waals surface area contributed by atoms with Crippen molar-refractivity contribution in [2.75, 3.05) is 6.54 Å². The molecule has 0 bridgehead atoms. The van der Waals surface area contributed by atoms with Crippen LogP contribution in [0, 0.1) is 5.92 Å². The van der Waals surface area contributed by atoms with Crippen LogP contribution in [0.5, 0.6) is 5.75 Å². The van der Waals surface area contributed by atoms with Crippen LogP contribution in [0.25, 0.3) is 11.3 Å². The molecule has 0 amide bonds. The molecule has 0 unspecified atom stereocenters. The molecule has 0 saturated heterocycles. The molecule has 1 aliphatic rings. The second kappa shape index (κ2) is 7.50. The number of ether oxygens (including phenoxy) is 1. The summed E-state index contributed by atoms with van der Waals surface area (Å²) in [5.41, 5.74) is -0.549. The maximum atomic E-state index is 11.9. The molecule has 0 radical (unpaired) electrons. The molecule has 2 N–H and O–H groups in total. The van der Waals surface area contributed by atoms with E-state index in [2.05, 4.69) is 20.2 Å². The summed E-state index contributed by atoms with van der Waals surface area (Å²) >= 11 is 12.5. The predicted molar refractivity (Wildman–Crippen MR) is 102 cm³/mol. The van der Waals surface area contributed by atoms with Gasteiger partial charge in [0.1, 0.15) is 6.54 Å². The van der Waals surface area contributed by atoms with Gasteiger partial charge in [0, 0.05) is 17.2 Å². The van der Waals surface area contributed by atoms with Crippen LogP contribution >= 0.6 is 23.2 Å². The van der Waals surface area contributed by atoms with Crippen molar-refractivity contribution in [3.8, 4) is 17.0 Å². The van der Waals surface area contributed by atoms with Crippen molar-refractivity contribution in [3.05, 3.63) is 54.7 Å². The highest BCUT2D eigenvalue weighted by molar-refractivity contribution is 6.38. The molecule has 27 heavy (non-hydrogen) atoms. The summed E-state index contributed by atoms with van der Waals surface area (Å²) in [6.45, 7) is 3.79. The molecular formula is C17H14Cl2N4O4. The number of ketones is 1. The van der Waals surface area contributed by atoms with E-state index in [4.69, 9.17) is 27.9 Å². The zero-order valence-electron chi connectivity index (χ0n) is 14.3. The fraction of sp³-hybridized carbons (Fsp3) is 0.235. The van der Waals surface area contributed by atoms with Crippen LogP contribution in [-0.2, 0) is 4.79 Å². The summed E-state index contributed by atoms with van der Waals surface area (Å²) in [5.74, 6) is 0.316. The third-order valence-electron chi connectivity index (χ3n) is 3.79. The van der Waals surface area contributed by atoms with Gasteiger partial charge in [-0.1, -0.05) is 37.0 Å². The van der Waals surface area contributed by atoms with E-state index in [1.165, 1.54) is 12.1 Å². The number of H-pyrrole nitrogens is 2. The van der Waals surface area contributed by atoms with Crippen LogP contribution in [0.15, 0.2) is 38.4 Å². The van der Waals surface area contributed by atoms with Crippen molar-refractivity contribution in [1.82, 2.24) is 15.2 Å². The van der Waals surface area contributed by atoms with Crippen molar-refractivity contribution >= 4 is 34.9 Å². The number of rotatable bonds is 3. The van der Waals surface area contributed by atoms with E-state index >= 15 is 0 Å². The number of hydrogen-bond acceptors (Lipinski definition) is 6. The van der Waals surface area contributed by atoms with E-state index in [1.807, 2.05) is 13.8 Å². The van der Waals surface area contributed by atoms with E-state index < -0.39 is 11.2 Å². The van der Waals surface area contributed by atoms with Gasteiger partial charge in [0.2, 0.25) is 5.90 Å². The molecule has 0 aliphatic carbocycles. The lowest BCUT2D eigenvalue weighted by Gasteiger charge is -2.16. The Morgan fingerprint density at radius 2 is 1.81 bits per heavy atom. The Hall–Kier alpha value is -2.71. The standard InChI is InChI=1S/C17H14Cl2N4O4/c1-7(2)9-5-13(20-6-12(9)24)27-15-10(18)3-8(4-11(15)19)14-16(25)21-17(26)23-22-14/h3-5,7H,6H2,1-2H3,(H2,21,23,25,26). The molecule has 0 fully saturated rings. The Bertz CT molecular complexity index is 1080. The fourth-order valence-corrected chi connectivity index (χ4v) is 3.06. The molecule has 0 spiro atoms. The van der Waals surface area contributed by atoms with Crippen LogP contribution in [0.4, 0.5) is 0 Å². The number of nitrogens with zero attached hydrogens (tertiary/aromatic N) is 2. The number of aliphatic imine (C=N–C) groups is 1. The number of halogens is 2. The molecule has 2 aromatic rings. The van der Waals surface area contributed by atoms with Crippen LogP contribution < -0.4 is 16.0 Å². The fourth-order valence-electron chi connectivity index (χ4n) is 2.49. The zero-order valence-corrected chi connectivity index (χ0v) is 15.8. The summed E-state index contributed by atoms with van der Waals surface area (Å²) in [4.78, 5) is 41.0. The smallest absolute Gasteiger partial charge is 0.342 e. The average molecular weight is 409 g/mol. The number of nitrogens with one attached hydrogen (secondary N) is 2. The van der Waals surface area contributed by atoms with E-state index in [1.54, 1.807) is 6.08 Å². The number of aromatic nitrogens is 3. The first kappa shape index (κ1) is 19.1. The second-order valence-corrected chi connectivity index (χ2v) is 6.87. The number of aromatic amines is 2. The predicted octanol–water partition coefficient (Wildman–Crippen LogP) is 2.37. The Kier molecular flexibility index (Phi) is 5.29. The van der Waals surface area contributed by atoms with Gasteiger partial charge in [0.25, 0.3) is 5.56 Å². The van der Waals surface area contributed by atoms with E-state index in [0.29, 0.717) is 11.1 Å². The lowest BCUT2D eigenvalue weighted by Crippen LogP contribution is -2.25. The van der Waals surface area contributed by atoms with Gasteiger partial charge in [-0.2, -0.15) is 5.10 Å². The topological polar surface area (TPSA) is 117 Å². The van der Waals surface area contributed by atoms with Gasteiger partial charge in [-0.25, -0.2) is 14.9 Å². The van der Waals surface area contributed by atoms with Gasteiger partial charge in [-0.15, -0.1) is 0 Å². The zero-order chi connectivity index (χ0) is 19.7. The monoisotopic (exact) mass is 408 g/mol. The first-order valence-electron chi connectivity index (χ1n) is 7.91. The molecule has 1 aromatic carbocycles. The molecule has 2 heterocycles. The minimum Gasteiger partial charge on any atom is -0.436 e. The van der Waals surface area contributed by atoms with Gasteiger partial charge >= 0.3 is 5.69 Å². The summed E-state index contributed by atoms with van der Waals surface area (Å²) in [7, 11) is 0. The molecule has 0 saturated carbocycles. The number of benzene rings is 1. The van der Waals surface area contributed by atoms with Crippen molar-refractivity contribution in [3.63, 3.8) is 0 Å². The van der Waals surface area contributed by atoms with Gasteiger partial charge in [0.05, 0.1) is 10.0 Å². The first-order chi connectivity index (χ1) is 12.8. The molecule has 10 heteroatoms. The minimum absolute atomic E-state index is 0.0106.